The minimum atomic E-state index is -4.84. The molecule has 1 aromatic rings. The van der Waals surface area contributed by atoms with Crippen LogP contribution in [0.25, 0.3) is 0 Å². The van der Waals surface area contributed by atoms with Crippen LogP contribution in [0.5, 0.6) is 0 Å². The SMILES string of the molecule is CCOC(=O)c1ccc(C2CCCN(C(=O)C(F)(F)F)C2)c(C2CC2)c1. The molecule has 1 amide bonds. The topological polar surface area (TPSA) is 46.6 Å². The van der Waals surface area contributed by atoms with Crippen LogP contribution in [-0.2, 0) is 9.53 Å². The molecule has 1 aromatic carbocycles. The fourth-order valence-electron chi connectivity index (χ4n) is 3.63. The number of amides is 1. The Bertz CT molecular complexity index is 698. The summed E-state index contributed by atoms with van der Waals surface area (Å²) in [6.45, 7) is 2.23. The second kappa shape index (κ2) is 7.29. The number of benzene rings is 1. The highest BCUT2D eigenvalue weighted by atomic mass is 19.4. The number of carbonyl (C=O) groups excluding carboxylic acids is 2. The Balaban J connectivity index is 1.84. The van der Waals surface area contributed by atoms with Gasteiger partial charge in [0.1, 0.15) is 0 Å². The maximum absolute atomic E-state index is 12.8. The van der Waals surface area contributed by atoms with Gasteiger partial charge in [-0.25, -0.2) is 4.79 Å². The van der Waals surface area contributed by atoms with Gasteiger partial charge in [-0.05, 0) is 61.8 Å². The van der Waals surface area contributed by atoms with Crippen LogP contribution in [0.1, 0.15) is 65.9 Å². The van der Waals surface area contributed by atoms with Gasteiger partial charge in [0.15, 0.2) is 0 Å². The predicted octanol–water partition coefficient (Wildman–Crippen LogP) is 4.01. The van der Waals surface area contributed by atoms with Crippen LogP contribution in [0.4, 0.5) is 13.2 Å². The smallest absolute Gasteiger partial charge is 0.462 e. The molecule has 4 nitrogen and oxygen atoms in total. The van der Waals surface area contributed by atoms with E-state index in [0.29, 0.717) is 17.9 Å². The van der Waals surface area contributed by atoms with Crippen molar-refractivity contribution in [1.29, 1.82) is 0 Å². The maximum Gasteiger partial charge on any atom is 0.471 e. The molecular formula is C19H22F3NO3. The van der Waals surface area contributed by atoms with Crippen molar-refractivity contribution in [2.24, 2.45) is 0 Å². The first kappa shape index (κ1) is 18.7. The Kier molecular flexibility index (Phi) is 5.25. The number of ether oxygens (including phenoxy) is 1. The zero-order valence-electron chi connectivity index (χ0n) is 14.6. The summed E-state index contributed by atoms with van der Waals surface area (Å²) in [5, 5.41) is 0. The van der Waals surface area contributed by atoms with E-state index in [1.807, 2.05) is 12.1 Å². The average molecular weight is 369 g/mol. The van der Waals surface area contributed by atoms with Gasteiger partial charge in [-0.2, -0.15) is 13.2 Å². The second-order valence-electron chi connectivity index (χ2n) is 6.93. The molecule has 26 heavy (non-hydrogen) atoms. The van der Waals surface area contributed by atoms with Crippen LogP contribution in [0.3, 0.4) is 0 Å². The molecule has 2 aliphatic rings. The lowest BCUT2D eigenvalue weighted by atomic mass is 9.85. The number of hydrogen-bond acceptors (Lipinski definition) is 3. The molecule has 1 heterocycles. The van der Waals surface area contributed by atoms with Crippen LogP contribution < -0.4 is 0 Å². The van der Waals surface area contributed by atoms with E-state index in [1.54, 1.807) is 13.0 Å². The van der Waals surface area contributed by atoms with Crippen molar-refractivity contribution < 1.29 is 27.5 Å². The van der Waals surface area contributed by atoms with Crippen LogP contribution >= 0.6 is 0 Å². The standard InChI is InChI=1S/C19H22F3NO3/c1-2-26-17(24)13-7-8-15(16(10-13)12-5-6-12)14-4-3-9-23(11-14)18(25)19(20,21)22/h7-8,10,12,14H,2-6,9,11H2,1H3. The van der Waals surface area contributed by atoms with Gasteiger partial charge in [-0.15, -0.1) is 0 Å². The van der Waals surface area contributed by atoms with E-state index < -0.39 is 18.1 Å². The number of likely N-dealkylation sites (tertiary alicyclic amines) is 1. The first-order valence-corrected chi connectivity index (χ1v) is 8.98. The average Bonchev–Trinajstić information content (AvgIpc) is 3.45. The summed E-state index contributed by atoms with van der Waals surface area (Å²) in [7, 11) is 0. The minimum absolute atomic E-state index is 0.0663. The lowest BCUT2D eigenvalue weighted by Gasteiger charge is -2.34. The Morgan fingerprint density at radius 2 is 1.88 bits per heavy atom. The van der Waals surface area contributed by atoms with E-state index in [1.165, 1.54) is 0 Å². The number of rotatable bonds is 4. The molecule has 3 rings (SSSR count). The molecule has 142 valence electrons. The molecule has 1 aliphatic heterocycles. The van der Waals surface area contributed by atoms with E-state index in [4.69, 9.17) is 4.74 Å². The Labute approximate surface area is 150 Å². The van der Waals surface area contributed by atoms with Gasteiger partial charge in [-0.1, -0.05) is 6.07 Å². The largest absolute Gasteiger partial charge is 0.471 e. The minimum Gasteiger partial charge on any atom is -0.462 e. The Hall–Kier alpha value is -2.05. The predicted molar refractivity (Wildman–Crippen MR) is 89.0 cm³/mol. The van der Waals surface area contributed by atoms with Crippen LogP contribution in [0.2, 0.25) is 0 Å². The first-order valence-electron chi connectivity index (χ1n) is 8.98. The number of esters is 1. The number of piperidine rings is 1. The normalized spacial score (nSPS) is 20.8. The van der Waals surface area contributed by atoms with Crippen molar-refractivity contribution in [1.82, 2.24) is 4.90 Å². The Morgan fingerprint density at radius 1 is 1.15 bits per heavy atom. The van der Waals surface area contributed by atoms with Crippen molar-refractivity contribution >= 4 is 11.9 Å². The lowest BCUT2D eigenvalue weighted by Crippen LogP contribution is -2.45. The Morgan fingerprint density at radius 3 is 2.50 bits per heavy atom. The zero-order chi connectivity index (χ0) is 18.9. The third-order valence-electron chi connectivity index (χ3n) is 5.01. The van der Waals surface area contributed by atoms with Gasteiger partial charge < -0.3 is 9.64 Å². The molecule has 2 fully saturated rings. The molecule has 1 aliphatic carbocycles. The van der Waals surface area contributed by atoms with Crippen molar-refractivity contribution in [2.45, 2.75) is 50.6 Å². The van der Waals surface area contributed by atoms with E-state index >= 15 is 0 Å². The van der Waals surface area contributed by atoms with Crippen LogP contribution in [-0.4, -0.2) is 42.6 Å². The van der Waals surface area contributed by atoms with Crippen molar-refractivity contribution in [3.05, 3.63) is 34.9 Å². The summed E-state index contributed by atoms with van der Waals surface area (Å²) in [6, 6.07) is 5.31. The van der Waals surface area contributed by atoms with Gasteiger partial charge in [0, 0.05) is 19.0 Å². The maximum atomic E-state index is 12.8. The summed E-state index contributed by atoms with van der Waals surface area (Å²) >= 11 is 0. The molecule has 0 radical (unpaired) electrons. The second-order valence-corrected chi connectivity index (χ2v) is 6.93. The third-order valence-corrected chi connectivity index (χ3v) is 5.01. The molecule has 0 N–H and O–H groups in total. The third kappa shape index (κ3) is 4.02. The van der Waals surface area contributed by atoms with Gasteiger partial charge >= 0.3 is 18.1 Å². The van der Waals surface area contributed by atoms with Gasteiger partial charge in [0.05, 0.1) is 12.2 Å². The lowest BCUT2D eigenvalue weighted by molar-refractivity contribution is -0.186. The molecule has 1 saturated heterocycles. The van der Waals surface area contributed by atoms with E-state index in [0.717, 1.165) is 35.3 Å². The summed E-state index contributed by atoms with van der Waals surface area (Å²) in [5.74, 6) is -1.95. The molecule has 0 aromatic heterocycles. The summed E-state index contributed by atoms with van der Waals surface area (Å²) in [6.07, 6.45) is -1.54. The van der Waals surface area contributed by atoms with Crippen LogP contribution in [0, 0.1) is 0 Å². The molecule has 1 atom stereocenters. The molecule has 7 heteroatoms. The highest BCUT2D eigenvalue weighted by Crippen LogP contribution is 2.45. The number of hydrogen-bond donors (Lipinski definition) is 0. The first-order chi connectivity index (χ1) is 12.3. The van der Waals surface area contributed by atoms with Crippen molar-refractivity contribution in [3.8, 4) is 0 Å². The molecule has 1 saturated carbocycles. The van der Waals surface area contributed by atoms with Gasteiger partial charge in [0.2, 0.25) is 0 Å². The molecule has 0 spiro atoms. The number of halogens is 3. The van der Waals surface area contributed by atoms with Crippen molar-refractivity contribution in [3.63, 3.8) is 0 Å². The highest BCUT2D eigenvalue weighted by Gasteiger charge is 2.44. The van der Waals surface area contributed by atoms with Crippen molar-refractivity contribution in [2.75, 3.05) is 19.7 Å². The number of alkyl halides is 3. The fourth-order valence-corrected chi connectivity index (χ4v) is 3.63. The van der Waals surface area contributed by atoms with E-state index in [9.17, 15) is 22.8 Å². The monoisotopic (exact) mass is 369 g/mol. The number of carbonyl (C=O) groups is 2. The zero-order valence-corrected chi connectivity index (χ0v) is 14.6. The number of nitrogens with zero attached hydrogens (tertiary/aromatic N) is 1. The summed E-state index contributed by atoms with van der Waals surface area (Å²) < 4.78 is 43.3. The van der Waals surface area contributed by atoms with Gasteiger partial charge in [0.25, 0.3) is 0 Å². The quantitative estimate of drug-likeness (QED) is 0.754. The molecule has 0 bridgehead atoms. The summed E-state index contributed by atoms with van der Waals surface area (Å²) in [5.41, 5.74) is 2.44. The van der Waals surface area contributed by atoms with E-state index in [-0.39, 0.29) is 25.6 Å². The van der Waals surface area contributed by atoms with Crippen LogP contribution in [0.15, 0.2) is 18.2 Å². The highest BCUT2D eigenvalue weighted by molar-refractivity contribution is 5.89. The van der Waals surface area contributed by atoms with Gasteiger partial charge in [-0.3, -0.25) is 4.79 Å². The summed E-state index contributed by atoms with van der Waals surface area (Å²) in [4.78, 5) is 24.5. The molecular weight excluding hydrogens is 347 g/mol. The molecule has 1 unspecified atom stereocenters. The fraction of sp³-hybridized carbons (Fsp3) is 0.579. The van der Waals surface area contributed by atoms with E-state index in [2.05, 4.69) is 0 Å².